The van der Waals surface area contributed by atoms with Crippen LogP contribution >= 0.6 is 11.8 Å². The molecule has 9 nitrogen and oxygen atoms in total. The van der Waals surface area contributed by atoms with E-state index in [1.54, 1.807) is 13.0 Å². The van der Waals surface area contributed by atoms with Gasteiger partial charge in [-0.05, 0) is 19.1 Å². The number of nitrogens with zero attached hydrogens (tertiary/aromatic N) is 4. The van der Waals surface area contributed by atoms with Crippen molar-refractivity contribution in [3.8, 4) is 11.5 Å². The molecule has 1 fully saturated rings. The molecule has 1 aromatic heterocycles. The van der Waals surface area contributed by atoms with Crippen molar-refractivity contribution in [1.29, 1.82) is 0 Å². The predicted octanol–water partition coefficient (Wildman–Crippen LogP) is 2.01. The number of ether oxygens (including phenoxy) is 2. The van der Waals surface area contributed by atoms with E-state index in [1.165, 1.54) is 16.7 Å². The Morgan fingerprint density at radius 2 is 2.21 bits per heavy atom. The molecule has 3 amide bonds. The molecule has 0 aliphatic carbocycles. The first-order valence-electron chi connectivity index (χ1n) is 9.27. The maximum absolute atomic E-state index is 12.6. The number of hydrogen-bond acceptors (Lipinski definition) is 7. The molecule has 1 aromatic carbocycles. The van der Waals surface area contributed by atoms with Crippen molar-refractivity contribution in [1.82, 2.24) is 25.0 Å². The Morgan fingerprint density at radius 1 is 1.41 bits per heavy atom. The monoisotopic (exact) mass is 415 g/mol. The van der Waals surface area contributed by atoms with E-state index in [0.29, 0.717) is 48.7 Å². The molecule has 2 aromatic rings. The van der Waals surface area contributed by atoms with Crippen LogP contribution in [0, 0.1) is 0 Å². The number of para-hydroxylation sites is 2. The van der Waals surface area contributed by atoms with Crippen LogP contribution in [-0.2, 0) is 11.3 Å². The van der Waals surface area contributed by atoms with E-state index in [0.717, 1.165) is 0 Å². The average molecular weight is 415 g/mol. The lowest BCUT2D eigenvalue weighted by Crippen LogP contribution is -2.39. The van der Waals surface area contributed by atoms with Crippen LogP contribution < -0.4 is 14.8 Å². The number of carbonyl (C=O) groups is 2. The Balaban J connectivity index is 1.53. The molecule has 1 N–H and O–H groups in total. The number of nitrogens with one attached hydrogen (secondary N) is 1. The zero-order valence-electron chi connectivity index (χ0n) is 15.9. The summed E-state index contributed by atoms with van der Waals surface area (Å²) in [5.41, 5.74) is 0. The van der Waals surface area contributed by atoms with Gasteiger partial charge in [-0.3, -0.25) is 14.3 Å². The summed E-state index contributed by atoms with van der Waals surface area (Å²) in [7, 11) is 0. The van der Waals surface area contributed by atoms with E-state index in [-0.39, 0.29) is 11.9 Å². The molecule has 1 saturated heterocycles. The number of hydrogen-bond donors (Lipinski definition) is 1. The Kier molecular flexibility index (Phi) is 5.43. The number of amides is 3. The number of fused-ring (bicyclic) bond motifs is 1. The summed E-state index contributed by atoms with van der Waals surface area (Å²) in [6, 6.07) is 7.09. The van der Waals surface area contributed by atoms with E-state index in [1.807, 2.05) is 28.8 Å². The zero-order chi connectivity index (χ0) is 20.4. The summed E-state index contributed by atoms with van der Waals surface area (Å²) >= 11 is 1.25. The second-order valence-electron chi connectivity index (χ2n) is 6.59. The smallest absolute Gasteiger partial charge is 0.324 e. The predicted molar refractivity (Wildman–Crippen MR) is 106 cm³/mol. The third-order valence-electron chi connectivity index (χ3n) is 4.61. The van der Waals surface area contributed by atoms with Crippen LogP contribution in [0.5, 0.6) is 11.5 Å². The van der Waals surface area contributed by atoms with Crippen LogP contribution in [0.4, 0.5) is 4.79 Å². The van der Waals surface area contributed by atoms with E-state index in [9.17, 15) is 9.59 Å². The highest BCUT2D eigenvalue weighted by atomic mass is 32.2. The van der Waals surface area contributed by atoms with Gasteiger partial charge >= 0.3 is 6.03 Å². The van der Waals surface area contributed by atoms with E-state index in [4.69, 9.17) is 9.47 Å². The molecule has 0 unspecified atom stereocenters. The summed E-state index contributed by atoms with van der Waals surface area (Å²) < 4.78 is 13.7. The first-order valence-corrected chi connectivity index (χ1v) is 10.1. The van der Waals surface area contributed by atoms with Gasteiger partial charge in [0.2, 0.25) is 5.91 Å². The van der Waals surface area contributed by atoms with Gasteiger partial charge in [-0.1, -0.05) is 30.0 Å². The van der Waals surface area contributed by atoms with Crippen LogP contribution in [0.1, 0.15) is 18.9 Å². The second-order valence-corrected chi connectivity index (χ2v) is 7.89. The van der Waals surface area contributed by atoms with E-state index in [2.05, 4.69) is 22.1 Å². The minimum Gasteiger partial charge on any atom is -0.485 e. The Morgan fingerprint density at radius 3 is 2.93 bits per heavy atom. The van der Waals surface area contributed by atoms with Crippen LogP contribution in [-0.4, -0.2) is 56.5 Å². The number of thioether (sulfide) groups is 1. The molecule has 2 aliphatic heterocycles. The molecule has 3 heterocycles. The number of urea groups is 1. The van der Waals surface area contributed by atoms with Crippen molar-refractivity contribution < 1.29 is 19.1 Å². The molecule has 2 atom stereocenters. The fraction of sp³-hybridized carbons (Fsp3) is 0.368. The average Bonchev–Trinajstić information content (AvgIpc) is 3.33. The molecule has 0 saturated carbocycles. The highest BCUT2D eigenvalue weighted by Crippen LogP contribution is 2.36. The van der Waals surface area contributed by atoms with Crippen molar-refractivity contribution >= 4 is 23.7 Å². The molecule has 152 valence electrons. The summed E-state index contributed by atoms with van der Waals surface area (Å²) in [6.07, 6.45) is 1.30. The van der Waals surface area contributed by atoms with Gasteiger partial charge in [0.25, 0.3) is 0 Å². The number of imide groups is 1. The maximum Gasteiger partial charge on any atom is 0.324 e. The minimum absolute atomic E-state index is 0.258. The molecule has 0 spiro atoms. The SMILES string of the molecule is C=CCn1c(S[C@H](C)C(=O)N2CCNC2=O)nnc1[C@H]1COc2ccccc2O1. The largest absolute Gasteiger partial charge is 0.485 e. The molecule has 0 bridgehead atoms. The summed E-state index contributed by atoms with van der Waals surface area (Å²) in [5.74, 6) is 1.68. The Hall–Kier alpha value is -3.01. The number of benzene rings is 1. The minimum atomic E-state index is -0.497. The van der Waals surface area contributed by atoms with Gasteiger partial charge in [0.15, 0.2) is 28.6 Å². The number of aromatic nitrogens is 3. The topological polar surface area (TPSA) is 98.6 Å². The molecule has 10 heteroatoms. The normalized spacial score (nSPS) is 19.0. The number of allylic oxidation sites excluding steroid dienone is 1. The summed E-state index contributed by atoms with van der Waals surface area (Å²) in [6.45, 7) is 7.16. The third kappa shape index (κ3) is 3.80. The number of carbonyl (C=O) groups excluding carboxylic acids is 2. The summed E-state index contributed by atoms with van der Waals surface area (Å²) in [5, 5.41) is 11.2. The molecule has 2 aliphatic rings. The maximum atomic E-state index is 12.6. The van der Waals surface area contributed by atoms with Gasteiger partial charge in [0.05, 0.1) is 5.25 Å². The lowest BCUT2D eigenvalue weighted by atomic mass is 10.2. The lowest BCUT2D eigenvalue weighted by molar-refractivity contribution is -0.126. The Bertz CT molecular complexity index is 946. The van der Waals surface area contributed by atoms with Crippen LogP contribution in [0.15, 0.2) is 42.1 Å². The van der Waals surface area contributed by atoms with Gasteiger partial charge < -0.3 is 14.8 Å². The van der Waals surface area contributed by atoms with E-state index >= 15 is 0 Å². The highest BCUT2D eigenvalue weighted by molar-refractivity contribution is 8.00. The molecule has 29 heavy (non-hydrogen) atoms. The van der Waals surface area contributed by atoms with Gasteiger partial charge in [0.1, 0.15) is 6.61 Å². The van der Waals surface area contributed by atoms with Gasteiger partial charge in [0, 0.05) is 19.6 Å². The zero-order valence-corrected chi connectivity index (χ0v) is 16.7. The van der Waals surface area contributed by atoms with Crippen LogP contribution in [0.2, 0.25) is 0 Å². The number of rotatable bonds is 6. The quantitative estimate of drug-likeness (QED) is 0.569. The first kappa shape index (κ1) is 19.3. The van der Waals surface area contributed by atoms with Crippen molar-refractivity contribution in [3.63, 3.8) is 0 Å². The van der Waals surface area contributed by atoms with Gasteiger partial charge in [-0.2, -0.15) is 0 Å². The first-order chi connectivity index (χ1) is 14.1. The van der Waals surface area contributed by atoms with Crippen molar-refractivity contribution in [3.05, 3.63) is 42.7 Å². The third-order valence-corrected chi connectivity index (χ3v) is 5.67. The van der Waals surface area contributed by atoms with Crippen molar-refractivity contribution in [2.24, 2.45) is 0 Å². The fourth-order valence-electron chi connectivity index (χ4n) is 3.18. The van der Waals surface area contributed by atoms with Crippen LogP contribution in [0.3, 0.4) is 0 Å². The van der Waals surface area contributed by atoms with Gasteiger partial charge in [-0.15, -0.1) is 16.8 Å². The summed E-state index contributed by atoms with van der Waals surface area (Å²) in [4.78, 5) is 25.6. The molecular formula is C19H21N5O4S. The van der Waals surface area contributed by atoms with Gasteiger partial charge in [-0.25, -0.2) is 4.79 Å². The fourth-order valence-corrected chi connectivity index (χ4v) is 4.11. The van der Waals surface area contributed by atoms with Crippen LogP contribution in [0.25, 0.3) is 0 Å². The molecular weight excluding hydrogens is 394 g/mol. The molecule has 0 radical (unpaired) electrons. The lowest BCUT2D eigenvalue weighted by Gasteiger charge is -2.26. The standard InChI is InChI=1S/C19H21N5O4S/c1-3-9-23-16(15-11-27-13-6-4-5-7-14(13)28-15)21-22-19(23)29-12(2)17(25)24-10-8-20-18(24)26/h3-7,12,15H,1,8-11H2,2H3,(H,20,26)/t12-,15-/m1/s1. The Labute approximate surface area is 172 Å². The highest BCUT2D eigenvalue weighted by Gasteiger charge is 2.33. The second kappa shape index (κ2) is 8.16. The van der Waals surface area contributed by atoms with Crippen molar-refractivity contribution in [2.75, 3.05) is 19.7 Å². The van der Waals surface area contributed by atoms with Crippen molar-refractivity contribution in [2.45, 2.75) is 30.0 Å². The molecule has 4 rings (SSSR count). The van der Waals surface area contributed by atoms with E-state index < -0.39 is 11.4 Å².